The summed E-state index contributed by atoms with van der Waals surface area (Å²) in [5.74, 6) is 3.15. The quantitative estimate of drug-likeness (QED) is 0.365. The molecule has 35 heavy (non-hydrogen) atoms. The molecular weight excluding hydrogens is 516 g/mol. The summed E-state index contributed by atoms with van der Waals surface area (Å²) in [7, 11) is 3.14. The van der Waals surface area contributed by atoms with Crippen LogP contribution in [-0.2, 0) is 18.0 Å². The predicted molar refractivity (Wildman–Crippen MR) is 132 cm³/mol. The van der Waals surface area contributed by atoms with E-state index in [1.54, 1.807) is 44.6 Å². The van der Waals surface area contributed by atoms with E-state index >= 15 is 0 Å². The second kappa shape index (κ2) is 9.64. The lowest BCUT2D eigenvalue weighted by Gasteiger charge is -2.21. The smallest absolute Gasteiger partial charge is 0.231 e. The van der Waals surface area contributed by atoms with Gasteiger partial charge in [0, 0.05) is 21.2 Å². The molecule has 0 spiro atoms. The van der Waals surface area contributed by atoms with Gasteiger partial charge in [0.15, 0.2) is 24.1 Å². The molecule has 3 aromatic carbocycles. The van der Waals surface area contributed by atoms with Crippen LogP contribution in [0.2, 0.25) is 0 Å². The summed E-state index contributed by atoms with van der Waals surface area (Å²) < 4.78 is 34.8. The Bertz CT molecular complexity index is 1350. The summed E-state index contributed by atoms with van der Waals surface area (Å²) in [5.41, 5.74) is 3.88. The molecule has 0 N–H and O–H groups in total. The highest BCUT2D eigenvalue weighted by molar-refractivity contribution is 9.10. The monoisotopic (exact) mass is 538 g/mol. The molecule has 0 radical (unpaired) electrons. The fourth-order valence-electron chi connectivity index (χ4n) is 4.14. The van der Waals surface area contributed by atoms with Gasteiger partial charge in [-0.3, -0.25) is 4.79 Å². The van der Waals surface area contributed by atoms with Crippen LogP contribution in [0.5, 0.6) is 28.7 Å². The number of carbonyl (C=O) groups excluding carboxylic acids is 1. The summed E-state index contributed by atoms with van der Waals surface area (Å²) in [6.45, 7) is 2.88. The van der Waals surface area contributed by atoms with Crippen LogP contribution in [0.15, 0.2) is 52.7 Å². The molecule has 2 aliphatic heterocycles. The van der Waals surface area contributed by atoms with E-state index in [0.29, 0.717) is 41.8 Å². The first-order valence-corrected chi connectivity index (χ1v) is 11.7. The lowest BCUT2D eigenvalue weighted by atomic mass is 10.1. The Balaban J connectivity index is 1.38. The van der Waals surface area contributed by atoms with Crippen LogP contribution < -0.4 is 23.7 Å². The topological polar surface area (TPSA) is 72.5 Å². The minimum atomic E-state index is -0.182. The summed E-state index contributed by atoms with van der Waals surface area (Å²) >= 11 is 3.53. The van der Waals surface area contributed by atoms with Gasteiger partial charge in [0.05, 0.1) is 26.4 Å². The maximum Gasteiger partial charge on any atom is 0.231 e. The van der Waals surface area contributed by atoms with Crippen LogP contribution >= 0.6 is 15.9 Å². The second-order valence-electron chi connectivity index (χ2n) is 8.07. The zero-order valence-corrected chi connectivity index (χ0v) is 21.1. The zero-order chi connectivity index (χ0) is 24.5. The number of ketones is 1. The molecule has 0 fully saturated rings. The molecule has 5 rings (SSSR count). The number of carbonyl (C=O) groups is 1. The van der Waals surface area contributed by atoms with Gasteiger partial charge in [-0.2, -0.15) is 0 Å². The van der Waals surface area contributed by atoms with E-state index in [9.17, 15) is 4.79 Å². The SMILES string of the molecule is COc1ccc(/C=C2\Oc3c(ccc(OCc4cc(Br)cc5c4OCOC5)c3C)C2=O)cc1OC. The van der Waals surface area contributed by atoms with Crippen LogP contribution in [0.1, 0.15) is 32.6 Å². The molecule has 0 saturated carbocycles. The highest BCUT2D eigenvalue weighted by Gasteiger charge is 2.30. The molecule has 8 heteroatoms. The number of hydrogen-bond donors (Lipinski definition) is 0. The zero-order valence-electron chi connectivity index (χ0n) is 19.5. The third-order valence-electron chi connectivity index (χ3n) is 5.88. The highest BCUT2D eigenvalue weighted by atomic mass is 79.9. The standard InChI is InChI=1S/C27H23BrO7/c1-15-21(33-13-18-11-19(28)10-17-12-32-14-34-27(17)18)7-5-20-25(29)24(35-26(15)20)9-16-4-6-22(30-2)23(8-16)31-3/h4-11H,12-14H2,1-3H3/b24-9-. The average molecular weight is 539 g/mol. The Hall–Kier alpha value is -3.49. The largest absolute Gasteiger partial charge is 0.493 e. The van der Waals surface area contributed by atoms with E-state index < -0.39 is 0 Å². The van der Waals surface area contributed by atoms with E-state index in [1.807, 2.05) is 25.1 Å². The van der Waals surface area contributed by atoms with Gasteiger partial charge in [-0.15, -0.1) is 0 Å². The molecule has 0 atom stereocenters. The van der Waals surface area contributed by atoms with Crippen LogP contribution in [-0.4, -0.2) is 26.8 Å². The first-order valence-electron chi connectivity index (χ1n) is 10.9. The van der Waals surface area contributed by atoms with E-state index in [0.717, 1.165) is 32.5 Å². The first-order chi connectivity index (χ1) is 17.0. The van der Waals surface area contributed by atoms with Crippen molar-refractivity contribution in [2.45, 2.75) is 20.1 Å². The lowest BCUT2D eigenvalue weighted by Crippen LogP contribution is -2.14. The molecular formula is C27H23BrO7. The van der Waals surface area contributed by atoms with Crippen molar-refractivity contribution in [3.63, 3.8) is 0 Å². The molecule has 0 aliphatic carbocycles. The van der Waals surface area contributed by atoms with Crippen molar-refractivity contribution >= 4 is 27.8 Å². The van der Waals surface area contributed by atoms with Crippen LogP contribution in [0, 0.1) is 6.92 Å². The molecule has 180 valence electrons. The number of ether oxygens (including phenoxy) is 6. The average Bonchev–Trinajstić information content (AvgIpc) is 3.19. The fraction of sp³-hybridized carbons (Fsp3) is 0.222. The Morgan fingerprint density at radius 1 is 1.00 bits per heavy atom. The summed E-state index contributed by atoms with van der Waals surface area (Å²) in [6.07, 6.45) is 1.69. The molecule has 7 nitrogen and oxygen atoms in total. The van der Waals surface area contributed by atoms with Crippen molar-refractivity contribution in [3.8, 4) is 28.7 Å². The Morgan fingerprint density at radius 2 is 1.80 bits per heavy atom. The van der Waals surface area contributed by atoms with Crippen molar-refractivity contribution in [2.24, 2.45) is 0 Å². The number of rotatable bonds is 6. The normalized spacial score (nSPS) is 15.2. The van der Waals surface area contributed by atoms with Gasteiger partial charge in [0.25, 0.3) is 0 Å². The second-order valence-corrected chi connectivity index (χ2v) is 8.99. The molecule has 2 heterocycles. The van der Waals surface area contributed by atoms with Crippen molar-refractivity contribution in [2.75, 3.05) is 21.0 Å². The number of methoxy groups -OCH3 is 2. The van der Waals surface area contributed by atoms with Gasteiger partial charge in [-0.25, -0.2) is 0 Å². The van der Waals surface area contributed by atoms with Crippen molar-refractivity contribution in [3.05, 3.63) is 80.5 Å². The predicted octanol–water partition coefficient (Wildman–Crippen LogP) is 5.84. The number of Topliss-reactive ketones (excluding diaryl/α,β-unsaturated/α-hetero) is 1. The highest BCUT2D eigenvalue weighted by Crippen LogP contribution is 2.40. The third kappa shape index (κ3) is 4.47. The molecule has 0 bridgehead atoms. The van der Waals surface area contributed by atoms with E-state index in [2.05, 4.69) is 15.9 Å². The van der Waals surface area contributed by atoms with Crippen LogP contribution in [0.25, 0.3) is 6.08 Å². The summed E-state index contributed by atoms with van der Waals surface area (Å²) in [5, 5.41) is 0. The van der Waals surface area contributed by atoms with Gasteiger partial charge >= 0.3 is 0 Å². The molecule has 2 aliphatic rings. The van der Waals surface area contributed by atoms with E-state index in [1.165, 1.54) is 0 Å². The number of benzene rings is 3. The van der Waals surface area contributed by atoms with Gasteiger partial charge in [0.2, 0.25) is 5.78 Å². The minimum absolute atomic E-state index is 0.182. The maximum atomic E-state index is 13.0. The number of allylic oxidation sites excluding steroid dienone is 1. The molecule has 0 amide bonds. The molecule has 3 aromatic rings. The first kappa shape index (κ1) is 23.3. The Morgan fingerprint density at radius 3 is 2.60 bits per heavy atom. The van der Waals surface area contributed by atoms with Gasteiger partial charge < -0.3 is 28.4 Å². The van der Waals surface area contributed by atoms with Crippen molar-refractivity contribution in [1.82, 2.24) is 0 Å². The van der Waals surface area contributed by atoms with Crippen molar-refractivity contribution < 1.29 is 33.2 Å². The van der Waals surface area contributed by atoms with Crippen LogP contribution in [0.3, 0.4) is 0 Å². The Kier molecular flexibility index (Phi) is 6.40. The van der Waals surface area contributed by atoms with Crippen molar-refractivity contribution in [1.29, 1.82) is 0 Å². The molecule has 0 saturated heterocycles. The summed E-state index contributed by atoms with van der Waals surface area (Å²) in [6, 6.07) is 12.9. The minimum Gasteiger partial charge on any atom is -0.493 e. The lowest BCUT2D eigenvalue weighted by molar-refractivity contribution is -0.0176. The van der Waals surface area contributed by atoms with Gasteiger partial charge in [-0.1, -0.05) is 22.0 Å². The van der Waals surface area contributed by atoms with Crippen LogP contribution in [0.4, 0.5) is 0 Å². The number of halogens is 1. The number of hydrogen-bond acceptors (Lipinski definition) is 7. The van der Waals surface area contributed by atoms with Gasteiger partial charge in [0.1, 0.15) is 23.9 Å². The summed E-state index contributed by atoms with van der Waals surface area (Å²) in [4.78, 5) is 13.0. The molecule has 0 aromatic heterocycles. The van der Waals surface area contributed by atoms with E-state index in [4.69, 9.17) is 28.4 Å². The van der Waals surface area contributed by atoms with E-state index in [-0.39, 0.29) is 18.3 Å². The Labute approximate surface area is 211 Å². The molecule has 0 unspecified atom stereocenters. The maximum absolute atomic E-state index is 13.0. The number of fused-ring (bicyclic) bond motifs is 2. The van der Waals surface area contributed by atoms with Gasteiger partial charge in [-0.05, 0) is 55.0 Å². The third-order valence-corrected chi connectivity index (χ3v) is 6.33. The fourth-order valence-corrected chi connectivity index (χ4v) is 4.69.